The number of ether oxygens (including phenoxy) is 1. The average molecular weight is 633 g/mol. The number of benzene rings is 1. The second-order valence-corrected chi connectivity index (χ2v) is 13.9. The van der Waals surface area contributed by atoms with Crippen molar-refractivity contribution in [3.8, 4) is 17.3 Å². The lowest BCUT2D eigenvalue weighted by atomic mass is 9.99. The molecule has 4 N–H and O–H groups in total. The molecule has 6 heterocycles. The first kappa shape index (κ1) is 28.7. The molecule has 2 bridgehead atoms. The highest BCUT2D eigenvalue weighted by Crippen LogP contribution is 2.41. The maximum Gasteiger partial charge on any atom is 0.254 e. The minimum absolute atomic E-state index is 0.00787. The van der Waals surface area contributed by atoms with E-state index in [1.165, 1.54) is 12.8 Å². The lowest BCUT2D eigenvalue weighted by Gasteiger charge is -2.41. The van der Waals surface area contributed by atoms with Gasteiger partial charge in [0, 0.05) is 67.9 Å². The van der Waals surface area contributed by atoms with Crippen molar-refractivity contribution in [1.29, 1.82) is 0 Å². The number of imidazole rings is 1. The Hall–Kier alpha value is -4.55. The number of anilines is 1. The third-order valence-electron chi connectivity index (χ3n) is 10.8. The van der Waals surface area contributed by atoms with E-state index >= 15 is 0 Å². The summed E-state index contributed by atoms with van der Waals surface area (Å²) in [4.78, 5) is 37.1. The van der Waals surface area contributed by atoms with Gasteiger partial charge in [0.15, 0.2) is 5.82 Å². The number of aromatic nitrogens is 6. The summed E-state index contributed by atoms with van der Waals surface area (Å²) in [7, 11) is 1.68. The van der Waals surface area contributed by atoms with Gasteiger partial charge < -0.3 is 35.1 Å². The maximum atomic E-state index is 13.9. The molecule has 4 aromatic heterocycles. The van der Waals surface area contributed by atoms with Crippen molar-refractivity contribution in [2.24, 2.45) is 29.2 Å². The van der Waals surface area contributed by atoms with Crippen molar-refractivity contribution in [2.75, 3.05) is 31.6 Å². The third-order valence-corrected chi connectivity index (χ3v) is 10.8. The van der Waals surface area contributed by atoms with Crippen LogP contribution in [-0.4, -0.2) is 78.7 Å². The molecule has 1 amide bonds. The number of nitrogens with two attached hydrogens (primary N) is 2. The zero-order valence-electron chi connectivity index (χ0n) is 26.6. The zero-order chi connectivity index (χ0) is 31.8. The second-order valence-electron chi connectivity index (χ2n) is 13.9. The molecular weight excluding hydrogens is 592 g/mol. The number of carbonyl (C=O) groups excluding carboxylic acids is 1. The number of hydrogen-bond donors (Lipinski definition) is 2. The second kappa shape index (κ2) is 11.0. The van der Waals surface area contributed by atoms with E-state index in [4.69, 9.17) is 26.2 Å². The fourth-order valence-corrected chi connectivity index (χ4v) is 8.12. The minimum Gasteiger partial charge on any atom is -0.494 e. The van der Waals surface area contributed by atoms with E-state index in [0.29, 0.717) is 41.4 Å². The molecule has 2 saturated carbocycles. The normalized spacial score (nSPS) is 22.5. The highest BCUT2D eigenvalue weighted by molar-refractivity contribution is 6.00. The molecule has 5 aromatic rings. The summed E-state index contributed by atoms with van der Waals surface area (Å²) in [6.07, 6.45) is 10.1. The van der Waals surface area contributed by atoms with Gasteiger partial charge in [-0.05, 0) is 67.9 Å². The molecule has 2 saturated heterocycles. The highest BCUT2D eigenvalue weighted by Gasteiger charge is 2.47. The van der Waals surface area contributed by atoms with Gasteiger partial charge >= 0.3 is 0 Å². The molecule has 47 heavy (non-hydrogen) atoms. The van der Waals surface area contributed by atoms with Gasteiger partial charge in [0.2, 0.25) is 0 Å². The first-order chi connectivity index (χ1) is 23.0. The molecular formula is C35H40N10O2. The molecule has 12 heteroatoms. The maximum absolute atomic E-state index is 13.9. The number of hydrogen-bond acceptors (Lipinski definition) is 9. The number of nitrogens with zero attached hydrogens (tertiary/aromatic N) is 8. The van der Waals surface area contributed by atoms with Gasteiger partial charge in [-0.15, -0.1) is 0 Å². The Morgan fingerprint density at radius 3 is 2.49 bits per heavy atom. The smallest absolute Gasteiger partial charge is 0.254 e. The van der Waals surface area contributed by atoms with E-state index < -0.39 is 0 Å². The largest absolute Gasteiger partial charge is 0.494 e. The number of amides is 1. The predicted octanol–water partition coefficient (Wildman–Crippen LogP) is 3.42. The van der Waals surface area contributed by atoms with Crippen molar-refractivity contribution >= 4 is 33.7 Å². The van der Waals surface area contributed by atoms with Crippen molar-refractivity contribution in [3.63, 3.8) is 0 Å². The molecule has 1 aromatic carbocycles. The Kier molecular flexibility index (Phi) is 6.72. The Morgan fingerprint density at radius 2 is 1.79 bits per heavy atom. The lowest BCUT2D eigenvalue weighted by Crippen LogP contribution is -2.48. The minimum atomic E-state index is 0.00787. The van der Waals surface area contributed by atoms with E-state index in [9.17, 15) is 4.79 Å². The number of fused-ring (bicyclic) bond motifs is 4. The Morgan fingerprint density at radius 1 is 0.979 bits per heavy atom. The van der Waals surface area contributed by atoms with Crippen LogP contribution in [0.15, 0.2) is 48.9 Å². The molecule has 2 aliphatic carbocycles. The average Bonchev–Trinajstić information content (AvgIpc) is 3.44. The highest BCUT2D eigenvalue weighted by atomic mass is 16.5. The van der Waals surface area contributed by atoms with Crippen molar-refractivity contribution in [3.05, 3.63) is 60.3 Å². The van der Waals surface area contributed by atoms with E-state index in [-0.39, 0.29) is 18.0 Å². The Bertz CT molecular complexity index is 1990. The van der Waals surface area contributed by atoms with E-state index in [1.807, 2.05) is 41.7 Å². The summed E-state index contributed by atoms with van der Waals surface area (Å²) in [5.41, 5.74) is 17.5. The van der Waals surface area contributed by atoms with Gasteiger partial charge in [0.1, 0.15) is 22.7 Å². The fraction of sp³-hybridized carbons (Fsp3) is 0.457. The van der Waals surface area contributed by atoms with Crippen molar-refractivity contribution in [1.82, 2.24) is 34.0 Å². The van der Waals surface area contributed by atoms with Gasteiger partial charge in [0.25, 0.3) is 5.91 Å². The predicted molar refractivity (Wildman–Crippen MR) is 179 cm³/mol. The summed E-state index contributed by atoms with van der Waals surface area (Å²) in [6, 6.07) is 10.3. The first-order valence-corrected chi connectivity index (χ1v) is 16.8. The van der Waals surface area contributed by atoms with Crippen LogP contribution < -0.4 is 21.1 Å². The summed E-state index contributed by atoms with van der Waals surface area (Å²) in [6.45, 7) is 4.44. The monoisotopic (exact) mass is 632 g/mol. The van der Waals surface area contributed by atoms with Crippen molar-refractivity contribution < 1.29 is 9.53 Å². The zero-order valence-corrected chi connectivity index (χ0v) is 26.6. The van der Waals surface area contributed by atoms with Crippen LogP contribution in [0.4, 0.5) is 5.69 Å². The molecule has 3 atom stereocenters. The van der Waals surface area contributed by atoms with Gasteiger partial charge in [-0.25, -0.2) is 19.9 Å². The number of pyridine rings is 1. The van der Waals surface area contributed by atoms with Crippen LogP contribution in [0.2, 0.25) is 0 Å². The third kappa shape index (κ3) is 4.76. The molecule has 0 radical (unpaired) electrons. The number of rotatable bonds is 9. The number of carbonyl (C=O) groups is 1. The van der Waals surface area contributed by atoms with Crippen LogP contribution in [0.25, 0.3) is 33.6 Å². The molecule has 2 aliphatic heterocycles. The SMILES string of the molecule is COc1cc(C(=O)N2CC3CCC2[C@@H]3N)cc2nc(-c3cc4cccnc4n3CC3CC3)n(CC3CN(c4cnc(CN)nc4)C3)c12. The van der Waals surface area contributed by atoms with Crippen LogP contribution in [0, 0.1) is 17.8 Å². The van der Waals surface area contributed by atoms with Gasteiger partial charge in [0.05, 0.1) is 42.9 Å². The fourth-order valence-electron chi connectivity index (χ4n) is 8.12. The van der Waals surface area contributed by atoms with Gasteiger partial charge in [-0.2, -0.15) is 0 Å². The Balaban J connectivity index is 1.12. The van der Waals surface area contributed by atoms with Crippen molar-refractivity contribution in [2.45, 2.75) is 57.4 Å². The van der Waals surface area contributed by atoms with Gasteiger partial charge in [-0.1, -0.05) is 0 Å². The molecule has 0 spiro atoms. The number of methoxy groups -OCH3 is 1. The molecule has 242 valence electrons. The molecule has 9 rings (SSSR count). The van der Waals surface area contributed by atoms with Crippen LogP contribution >= 0.6 is 0 Å². The number of likely N-dealkylation sites (tertiary alicyclic amines) is 1. The van der Waals surface area contributed by atoms with E-state index in [1.54, 1.807) is 7.11 Å². The standard InChI is InChI=1S/C35H40N10O2/c1-47-29-11-24(35(46)44-19-23-6-7-27(44)31(23)37)9-26-32(29)45(18-21-15-42(16-21)25-13-39-30(12-36)40-14-25)34(41-26)28-10-22-3-2-8-38-33(22)43(28)17-20-4-5-20/h2-3,8-11,13-14,20-21,23,27,31H,4-7,12,15-19,36-37H2,1H3/t23?,27?,31-/m1/s1. The topological polar surface area (TPSA) is 146 Å². The molecule has 4 fully saturated rings. The molecule has 2 unspecified atom stereocenters. The van der Waals surface area contributed by atoms with Crippen LogP contribution in [0.3, 0.4) is 0 Å². The van der Waals surface area contributed by atoms with Crippen LogP contribution in [0.1, 0.15) is 41.9 Å². The van der Waals surface area contributed by atoms with Gasteiger partial charge in [-0.3, -0.25) is 4.79 Å². The van der Waals surface area contributed by atoms with Crippen LogP contribution in [0.5, 0.6) is 5.75 Å². The number of piperidine rings is 1. The Labute approximate surface area is 272 Å². The molecule has 4 aliphatic rings. The summed E-state index contributed by atoms with van der Waals surface area (Å²) in [5.74, 6) is 3.58. The summed E-state index contributed by atoms with van der Waals surface area (Å²) < 4.78 is 10.7. The lowest BCUT2D eigenvalue weighted by molar-refractivity contribution is 0.0700. The van der Waals surface area contributed by atoms with E-state index in [2.05, 4.69) is 36.1 Å². The van der Waals surface area contributed by atoms with E-state index in [0.717, 1.165) is 84.8 Å². The quantitative estimate of drug-likeness (QED) is 0.250. The van der Waals surface area contributed by atoms with Crippen LogP contribution in [-0.2, 0) is 19.6 Å². The summed E-state index contributed by atoms with van der Waals surface area (Å²) in [5, 5.41) is 1.10. The molecule has 12 nitrogen and oxygen atoms in total. The summed E-state index contributed by atoms with van der Waals surface area (Å²) >= 11 is 0. The first-order valence-electron chi connectivity index (χ1n) is 16.8.